The van der Waals surface area contributed by atoms with Crippen LogP contribution in [0.5, 0.6) is 5.75 Å². The molecular formula is C24H25N5O5. The lowest BCUT2D eigenvalue weighted by molar-refractivity contribution is -0.384. The van der Waals surface area contributed by atoms with Crippen molar-refractivity contribution in [2.24, 2.45) is 0 Å². The number of carbonyl (C=O) groups excluding carboxylic acids is 1. The number of ether oxygens (including phenoxy) is 1. The van der Waals surface area contributed by atoms with E-state index in [1.54, 1.807) is 49.4 Å². The standard InChI is InChI=1S/C24H25N5O5/c1-4-26(2)23-14-20(16-6-5-7-19(12-16)34-3)25-28(24(23)31)22-13-17(8-9-21(22)29(32)33)27-11-10-18(30)15-27/h5-9,12-14H,4,10-11,15H2,1-3H3. The maximum absolute atomic E-state index is 13.5. The fourth-order valence-corrected chi connectivity index (χ4v) is 3.90. The SMILES string of the molecule is CCN(C)c1cc(-c2cccc(OC)c2)nn(-c2cc(N3CCC(=O)C3)ccc2[N+](=O)[O-])c1=O. The zero-order valence-electron chi connectivity index (χ0n) is 19.2. The molecule has 1 fully saturated rings. The average Bonchev–Trinajstić information content (AvgIpc) is 3.29. The van der Waals surface area contributed by atoms with Gasteiger partial charge >= 0.3 is 0 Å². The molecule has 0 bridgehead atoms. The van der Waals surface area contributed by atoms with Crippen LogP contribution < -0.4 is 20.1 Å². The van der Waals surface area contributed by atoms with E-state index < -0.39 is 10.5 Å². The number of nitrogens with zero attached hydrogens (tertiary/aromatic N) is 5. The normalized spacial score (nSPS) is 13.3. The number of nitro groups is 1. The van der Waals surface area contributed by atoms with Gasteiger partial charge in [0, 0.05) is 43.9 Å². The lowest BCUT2D eigenvalue weighted by Gasteiger charge is -2.20. The second-order valence-corrected chi connectivity index (χ2v) is 8.02. The van der Waals surface area contributed by atoms with Crippen molar-refractivity contribution >= 4 is 22.8 Å². The van der Waals surface area contributed by atoms with E-state index >= 15 is 0 Å². The van der Waals surface area contributed by atoms with E-state index in [0.29, 0.717) is 47.9 Å². The van der Waals surface area contributed by atoms with Gasteiger partial charge in [0.25, 0.3) is 11.2 Å². The van der Waals surface area contributed by atoms with Crippen LogP contribution in [-0.2, 0) is 4.79 Å². The van der Waals surface area contributed by atoms with E-state index in [2.05, 4.69) is 5.10 Å². The molecule has 0 spiro atoms. The van der Waals surface area contributed by atoms with E-state index in [4.69, 9.17) is 4.74 Å². The summed E-state index contributed by atoms with van der Waals surface area (Å²) in [4.78, 5) is 40.2. The Labute approximate surface area is 196 Å². The monoisotopic (exact) mass is 463 g/mol. The molecular weight excluding hydrogens is 438 g/mol. The number of ketones is 1. The first-order valence-electron chi connectivity index (χ1n) is 10.9. The van der Waals surface area contributed by atoms with Crippen LogP contribution in [0, 0.1) is 10.1 Å². The molecule has 0 atom stereocenters. The first-order chi connectivity index (χ1) is 16.3. The summed E-state index contributed by atoms with van der Waals surface area (Å²) in [7, 11) is 3.33. The summed E-state index contributed by atoms with van der Waals surface area (Å²) in [6, 6.07) is 13.4. The minimum Gasteiger partial charge on any atom is -0.497 e. The highest BCUT2D eigenvalue weighted by Gasteiger charge is 2.25. The minimum absolute atomic E-state index is 0.0438. The number of benzene rings is 2. The quantitative estimate of drug-likeness (QED) is 0.388. The topological polar surface area (TPSA) is 111 Å². The van der Waals surface area contributed by atoms with Crippen LogP contribution in [0.4, 0.5) is 17.1 Å². The highest BCUT2D eigenvalue weighted by atomic mass is 16.6. The van der Waals surface area contributed by atoms with Gasteiger partial charge in [-0.25, -0.2) is 0 Å². The number of aromatic nitrogens is 2. The molecule has 3 aromatic rings. The third kappa shape index (κ3) is 4.34. The van der Waals surface area contributed by atoms with Gasteiger partial charge in [0.05, 0.1) is 24.3 Å². The van der Waals surface area contributed by atoms with E-state index in [0.717, 1.165) is 4.68 Å². The lowest BCUT2D eigenvalue weighted by Crippen LogP contribution is -2.31. The molecule has 0 amide bonds. The van der Waals surface area contributed by atoms with Crippen LogP contribution in [0.3, 0.4) is 0 Å². The number of hydrogen-bond acceptors (Lipinski definition) is 8. The first-order valence-corrected chi connectivity index (χ1v) is 10.9. The summed E-state index contributed by atoms with van der Waals surface area (Å²) in [6.07, 6.45) is 0.418. The van der Waals surface area contributed by atoms with Crippen molar-refractivity contribution < 1.29 is 14.5 Å². The van der Waals surface area contributed by atoms with E-state index in [1.165, 1.54) is 6.07 Å². The Balaban J connectivity index is 1.96. The summed E-state index contributed by atoms with van der Waals surface area (Å²) in [6.45, 7) is 3.21. The van der Waals surface area contributed by atoms with Crippen molar-refractivity contribution in [2.45, 2.75) is 13.3 Å². The average molecular weight is 463 g/mol. The zero-order valence-corrected chi connectivity index (χ0v) is 19.2. The molecule has 1 aromatic heterocycles. The number of rotatable bonds is 7. The van der Waals surface area contributed by atoms with Crippen molar-refractivity contribution in [3.8, 4) is 22.7 Å². The maximum atomic E-state index is 13.5. The molecule has 0 N–H and O–H groups in total. The Kier molecular flexibility index (Phi) is 6.31. The molecule has 4 rings (SSSR count). The minimum atomic E-state index is -0.538. The molecule has 176 valence electrons. The molecule has 0 unspecified atom stereocenters. The highest BCUT2D eigenvalue weighted by Crippen LogP contribution is 2.30. The zero-order chi connectivity index (χ0) is 24.4. The van der Waals surface area contributed by atoms with E-state index in [1.807, 2.05) is 24.0 Å². The van der Waals surface area contributed by atoms with E-state index in [-0.39, 0.29) is 23.7 Å². The Bertz CT molecular complexity index is 1320. The third-order valence-electron chi connectivity index (χ3n) is 5.92. The molecule has 0 radical (unpaired) electrons. The fraction of sp³-hybridized carbons (Fsp3) is 0.292. The summed E-state index contributed by atoms with van der Waals surface area (Å²) in [5.74, 6) is 0.719. The fourth-order valence-electron chi connectivity index (χ4n) is 3.90. The van der Waals surface area contributed by atoms with Gasteiger partial charge in [0.2, 0.25) is 0 Å². The van der Waals surface area contributed by atoms with Crippen LogP contribution >= 0.6 is 0 Å². The van der Waals surface area contributed by atoms with Gasteiger partial charge in [-0.1, -0.05) is 12.1 Å². The number of hydrogen-bond donors (Lipinski definition) is 0. The predicted octanol–water partition coefficient (Wildman–Crippen LogP) is 3.05. The summed E-state index contributed by atoms with van der Waals surface area (Å²) < 4.78 is 6.40. The first kappa shape index (κ1) is 23.0. The van der Waals surface area contributed by atoms with Crippen LogP contribution in [0.2, 0.25) is 0 Å². The largest absolute Gasteiger partial charge is 0.497 e. The van der Waals surface area contributed by atoms with Gasteiger partial charge in [-0.2, -0.15) is 9.78 Å². The predicted molar refractivity (Wildman–Crippen MR) is 129 cm³/mol. The van der Waals surface area contributed by atoms with Crippen molar-refractivity contribution in [1.82, 2.24) is 9.78 Å². The Morgan fingerprint density at radius 3 is 2.62 bits per heavy atom. The third-order valence-corrected chi connectivity index (χ3v) is 5.92. The summed E-state index contributed by atoms with van der Waals surface area (Å²) in [5.41, 5.74) is 1.45. The van der Waals surface area contributed by atoms with Crippen LogP contribution in [0.25, 0.3) is 16.9 Å². The molecule has 2 aromatic carbocycles. The van der Waals surface area contributed by atoms with E-state index in [9.17, 15) is 19.7 Å². The second kappa shape index (κ2) is 9.34. The number of Topliss-reactive ketones (excluding diaryl/α,β-unsaturated/α-hetero) is 1. The summed E-state index contributed by atoms with van der Waals surface area (Å²) >= 11 is 0. The number of nitro benzene ring substituents is 1. The number of methoxy groups -OCH3 is 1. The van der Waals surface area contributed by atoms with Crippen LogP contribution in [-0.4, -0.2) is 54.3 Å². The van der Waals surface area contributed by atoms with Crippen molar-refractivity contribution in [1.29, 1.82) is 0 Å². The van der Waals surface area contributed by atoms with Crippen LogP contribution in [0.1, 0.15) is 13.3 Å². The lowest BCUT2D eigenvalue weighted by atomic mass is 10.1. The van der Waals surface area contributed by atoms with Gasteiger partial charge in [0.1, 0.15) is 17.1 Å². The van der Waals surface area contributed by atoms with Gasteiger partial charge in [-0.05, 0) is 37.3 Å². The molecule has 10 heteroatoms. The van der Waals surface area contributed by atoms with Crippen molar-refractivity contribution in [3.63, 3.8) is 0 Å². The second-order valence-electron chi connectivity index (χ2n) is 8.02. The van der Waals surface area contributed by atoms with Crippen molar-refractivity contribution in [2.75, 3.05) is 43.6 Å². The van der Waals surface area contributed by atoms with Gasteiger partial charge in [0.15, 0.2) is 5.78 Å². The molecule has 10 nitrogen and oxygen atoms in total. The molecule has 34 heavy (non-hydrogen) atoms. The maximum Gasteiger partial charge on any atom is 0.295 e. The molecule has 1 aliphatic rings. The number of carbonyl (C=O) groups is 1. The highest BCUT2D eigenvalue weighted by molar-refractivity contribution is 5.87. The van der Waals surface area contributed by atoms with Crippen LogP contribution in [0.15, 0.2) is 53.3 Å². The van der Waals surface area contributed by atoms with Gasteiger partial charge in [-0.15, -0.1) is 0 Å². The Morgan fingerprint density at radius 2 is 1.97 bits per heavy atom. The molecule has 1 aliphatic heterocycles. The Hall–Kier alpha value is -4.21. The Morgan fingerprint density at radius 1 is 1.18 bits per heavy atom. The number of anilines is 2. The van der Waals surface area contributed by atoms with Gasteiger partial charge in [-0.3, -0.25) is 19.7 Å². The molecule has 1 saturated heterocycles. The molecule has 0 saturated carbocycles. The molecule has 2 heterocycles. The van der Waals surface area contributed by atoms with Gasteiger partial charge < -0.3 is 14.5 Å². The summed E-state index contributed by atoms with van der Waals surface area (Å²) in [5, 5.41) is 16.4. The molecule has 0 aliphatic carbocycles. The smallest absolute Gasteiger partial charge is 0.295 e. The van der Waals surface area contributed by atoms with Crippen molar-refractivity contribution in [3.05, 3.63) is 69.0 Å².